The van der Waals surface area contributed by atoms with Crippen LogP contribution in [0.2, 0.25) is 0 Å². The van der Waals surface area contributed by atoms with E-state index < -0.39 is 11.7 Å². The first-order chi connectivity index (χ1) is 14.3. The summed E-state index contributed by atoms with van der Waals surface area (Å²) in [4.78, 5) is 27.4. The number of hydrogen-bond donors (Lipinski definition) is 2. The standard InChI is InChI=1S/C24H24N2O4/c1-24(2,3)30-23(28)25-12-11-16-14-26-18-9-10-19-22(21(16)18)17(13-20(27)29-19)15-7-5-4-6-8-15/h4-10,13-14,26H,11-12H2,1-3H3,(H,25,28). The highest BCUT2D eigenvalue weighted by Gasteiger charge is 2.17. The molecular weight excluding hydrogens is 380 g/mol. The number of ether oxygens (including phenoxy) is 1. The van der Waals surface area contributed by atoms with E-state index in [0.717, 1.165) is 33.0 Å². The minimum atomic E-state index is -0.538. The molecule has 6 nitrogen and oxygen atoms in total. The number of carbonyl (C=O) groups excluding carboxylic acids is 1. The number of alkyl carbamates (subject to hydrolysis) is 1. The van der Waals surface area contributed by atoms with Crippen LogP contribution in [0.4, 0.5) is 4.79 Å². The summed E-state index contributed by atoms with van der Waals surface area (Å²) in [6.07, 6.45) is 2.09. The van der Waals surface area contributed by atoms with Gasteiger partial charge in [0.2, 0.25) is 0 Å². The highest BCUT2D eigenvalue weighted by Crippen LogP contribution is 2.35. The highest BCUT2D eigenvalue weighted by atomic mass is 16.6. The summed E-state index contributed by atoms with van der Waals surface area (Å²) in [5.41, 5.74) is 3.36. The Kier molecular flexibility index (Phi) is 5.08. The van der Waals surface area contributed by atoms with Crippen molar-refractivity contribution in [2.75, 3.05) is 6.54 Å². The van der Waals surface area contributed by atoms with Crippen LogP contribution in [-0.4, -0.2) is 23.2 Å². The second-order valence-corrected chi connectivity index (χ2v) is 8.20. The lowest BCUT2D eigenvalue weighted by Gasteiger charge is -2.19. The molecule has 0 fully saturated rings. The van der Waals surface area contributed by atoms with Gasteiger partial charge < -0.3 is 19.5 Å². The maximum Gasteiger partial charge on any atom is 0.407 e. The third-order valence-electron chi connectivity index (χ3n) is 4.78. The molecule has 1 amide bonds. The fourth-order valence-corrected chi connectivity index (χ4v) is 3.61. The summed E-state index contributed by atoms with van der Waals surface area (Å²) in [6, 6.07) is 15.0. The SMILES string of the molecule is CC(C)(C)OC(=O)NCCc1c[nH]c2ccc3oc(=O)cc(-c4ccccc4)c3c12. The second kappa shape index (κ2) is 7.71. The fourth-order valence-electron chi connectivity index (χ4n) is 3.61. The Hall–Kier alpha value is -3.54. The average molecular weight is 404 g/mol. The molecule has 2 aromatic heterocycles. The lowest BCUT2D eigenvalue weighted by Crippen LogP contribution is -2.33. The first kappa shape index (κ1) is 19.8. The Balaban J connectivity index is 1.74. The van der Waals surface area contributed by atoms with Gasteiger partial charge in [0.1, 0.15) is 11.2 Å². The molecule has 4 aromatic rings. The van der Waals surface area contributed by atoms with Crippen molar-refractivity contribution in [2.45, 2.75) is 32.8 Å². The molecule has 0 radical (unpaired) electrons. The maximum atomic E-state index is 12.2. The van der Waals surface area contributed by atoms with Crippen molar-refractivity contribution in [3.8, 4) is 11.1 Å². The number of rotatable bonds is 4. The first-order valence-electron chi connectivity index (χ1n) is 9.91. The third-order valence-corrected chi connectivity index (χ3v) is 4.78. The van der Waals surface area contributed by atoms with Gasteiger partial charge in [0.15, 0.2) is 0 Å². The fraction of sp³-hybridized carbons (Fsp3) is 0.250. The van der Waals surface area contributed by atoms with Gasteiger partial charge in [-0.05, 0) is 50.5 Å². The molecule has 30 heavy (non-hydrogen) atoms. The first-order valence-corrected chi connectivity index (χ1v) is 9.91. The van der Waals surface area contributed by atoms with Crippen molar-refractivity contribution in [2.24, 2.45) is 0 Å². The number of aromatic nitrogens is 1. The summed E-state index contributed by atoms with van der Waals surface area (Å²) in [6.45, 7) is 5.92. The van der Waals surface area contributed by atoms with Crippen molar-refractivity contribution in [3.63, 3.8) is 0 Å². The summed E-state index contributed by atoms with van der Waals surface area (Å²) < 4.78 is 10.8. The van der Waals surface area contributed by atoms with Crippen molar-refractivity contribution in [3.05, 3.63) is 70.7 Å². The number of H-pyrrole nitrogens is 1. The van der Waals surface area contributed by atoms with Gasteiger partial charge in [0.05, 0.1) is 0 Å². The summed E-state index contributed by atoms with van der Waals surface area (Å²) in [5, 5.41) is 4.67. The molecule has 2 aromatic carbocycles. The number of aromatic amines is 1. The van der Waals surface area contributed by atoms with Crippen LogP contribution in [0.5, 0.6) is 0 Å². The van der Waals surface area contributed by atoms with Crippen LogP contribution in [0.3, 0.4) is 0 Å². The minimum absolute atomic E-state index is 0.385. The van der Waals surface area contributed by atoms with Gasteiger partial charge in [-0.3, -0.25) is 0 Å². The van der Waals surface area contributed by atoms with Gasteiger partial charge in [0.25, 0.3) is 0 Å². The Morgan fingerprint density at radius 3 is 2.60 bits per heavy atom. The lowest BCUT2D eigenvalue weighted by molar-refractivity contribution is 0.0528. The Bertz CT molecular complexity index is 1260. The van der Waals surface area contributed by atoms with Gasteiger partial charge in [-0.15, -0.1) is 0 Å². The van der Waals surface area contributed by atoms with Crippen LogP contribution in [0.25, 0.3) is 33.0 Å². The largest absolute Gasteiger partial charge is 0.444 e. The van der Waals surface area contributed by atoms with Crippen molar-refractivity contribution in [1.29, 1.82) is 0 Å². The summed E-state index contributed by atoms with van der Waals surface area (Å²) >= 11 is 0. The van der Waals surface area contributed by atoms with E-state index in [1.165, 1.54) is 6.07 Å². The van der Waals surface area contributed by atoms with Crippen molar-refractivity contribution in [1.82, 2.24) is 10.3 Å². The molecule has 0 atom stereocenters. The maximum absolute atomic E-state index is 12.2. The van der Waals surface area contributed by atoms with Crippen molar-refractivity contribution >= 4 is 28.0 Å². The van der Waals surface area contributed by atoms with E-state index in [4.69, 9.17) is 9.15 Å². The predicted molar refractivity (Wildman–Crippen MR) is 118 cm³/mol. The number of hydrogen-bond acceptors (Lipinski definition) is 4. The smallest absolute Gasteiger partial charge is 0.407 e. The van der Waals surface area contributed by atoms with Crippen LogP contribution in [-0.2, 0) is 11.2 Å². The summed E-state index contributed by atoms with van der Waals surface area (Å²) in [5.74, 6) is 0. The zero-order valence-corrected chi connectivity index (χ0v) is 17.2. The molecule has 0 aliphatic heterocycles. The quantitative estimate of drug-likeness (QED) is 0.468. The number of benzene rings is 2. The molecule has 4 rings (SSSR count). The van der Waals surface area contributed by atoms with E-state index in [0.29, 0.717) is 18.5 Å². The van der Waals surface area contributed by atoms with E-state index in [2.05, 4.69) is 10.3 Å². The highest BCUT2D eigenvalue weighted by molar-refractivity contribution is 6.13. The molecule has 154 valence electrons. The normalized spacial score (nSPS) is 11.7. The van der Waals surface area contributed by atoms with Crippen LogP contribution < -0.4 is 10.9 Å². The van der Waals surface area contributed by atoms with Crippen LogP contribution in [0, 0.1) is 0 Å². The Morgan fingerprint density at radius 1 is 1.10 bits per heavy atom. The molecule has 0 unspecified atom stereocenters. The van der Waals surface area contributed by atoms with Crippen LogP contribution in [0.15, 0.2) is 63.9 Å². The average Bonchev–Trinajstić information content (AvgIpc) is 3.09. The van der Waals surface area contributed by atoms with Gasteiger partial charge >= 0.3 is 11.7 Å². The predicted octanol–water partition coefficient (Wildman–Crippen LogP) is 5.01. The molecule has 2 heterocycles. The van der Waals surface area contributed by atoms with Gasteiger partial charge in [-0.25, -0.2) is 9.59 Å². The number of fused-ring (bicyclic) bond motifs is 3. The van der Waals surface area contributed by atoms with Gasteiger partial charge in [-0.2, -0.15) is 0 Å². The van der Waals surface area contributed by atoms with E-state index in [-0.39, 0.29) is 5.63 Å². The van der Waals surface area contributed by atoms with E-state index in [9.17, 15) is 9.59 Å². The molecule has 0 bridgehead atoms. The van der Waals surface area contributed by atoms with Crippen molar-refractivity contribution < 1.29 is 13.9 Å². The minimum Gasteiger partial charge on any atom is -0.444 e. The topological polar surface area (TPSA) is 84.3 Å². The molecule has 0 aliphatic carbocycles. The zero-order chi connectivity index (χ0) is 21.3. The van der Waals surface area contributed by atoms with E-state index in [1.807, 2.05) is 69.4 Å². The molecule has 6 heteroatoms. The lowest BCUT2D eigenvalue weighted by atomic mass is 9.97. The number of nitrogens with one attached hydrogen (secondary N) is 2. The van der Waals surface area contributed by atoms with Gasteiger partial charge in [-0.1, -0.05) is 30.3 Å². The second-order valence-electron chi connectivity index (χ2n) is 8.20. The molecule has 0 aliphatic rings. The van der Waals surface area contributed by atoms with Crippen LogP contribution >= 0.6 is 0 Å². The number of carbonyl (C=O) groups is 1. The zero-order valence-electron chi connectivity index (χ0n) is 17.2. The Morgan fingerprint density at radius 2 is 1.87 bits per heavy atom. The number of amides is 1. The third kappa shape index (κ3) is 4.08. The van der Waals surface area contributed by atoms with E-state index >= 15 is 0 Å². The summed E-state index contributed by atoms with van der Waals surface area (Å²) in [7, 11) is 0. The van der Waals surface area contributed by atoms with Crippen LogP contribution in [0.1, 0.15) is 26.3 Å². The Labute approximate surface area is 173 Å². The molecule has 0 saturated heterocycles. The molecular formula is C24H24N2O4. The van der Waals surface area contributed by atoms with Gasteiger partial charge in [0, 0.05) is 40.7 Å². The monoisotopic (exact) mass is 404 g/mol. The molecule has 0 saturated carbocycles. The molecule has 2 N–H and O–H groups in total. The molecule has 0 spiro atoms. The van der Waals surface area contributed by atoms with E-state index in [1.54, 1.807) is 0 Å².